The summed E-state index contributed by atoms with van der Waals surface area (Å²) in [7, 11) is 0. The molecule has 9 nitrogen and oxygen atoms in total. The molecule has 1 amide bonds. The van der Waals surface area contributed by atoms with Gasteiger partial charge in [0, 0.05) is 12.1 Å². The summed E-state index contributed by atoms with van der Waals surface area (Å²) >= 11 is 0. The summed E-state index contributed by atoms with van der Waals surface area (Å²) in [4.78, 5) is 34.0. The molecule has 1 heterocycles. The lowest BCUT2D eigenvalue weighted by atomic mass is 10.0. The molecule has 0 aliphatic rings. The van der Waals surface area contributed by atoms with Crippen LogP contribution >= 0.6 is 0 Å². The molecular formula is C17H20N4O5. The molecule has 0 fully saturated rings. The van der Waals surface area contributed by atoms with Gasteiger partial charge >= 0.3 is 11.7 Å². The summed E-state index contributed by atoms with van der Waals surface area (Å²) in [5.41, 5.74) is 2.56. The van der Waals surface area contributed by atoms with Crippen molar-refractivity contribution in [2.24, 2.45) is 0 Å². The lowest BCUT2D eigenvalue weighted by Crippen LogP contribution is -2.17. The topological polar surface area (TPSA) is 127 Å². The number of carboxylic acids is 1. The molecular weight excluding hydrogens is 340 g/mol. The van der Waals surface area contributed by atoms with E-state index in [1.165, 1.54) is 10.7 Å². The summed E-state index contributed by atoms with van der Waals surface area (Å²) in [5.74, 6) is -1.39. The van der Waals surface area contributed by atoms with E-state index in [0.717, 1.165) is 5.56 Å². The van der Waals surface area contributed by atoms with Crippen molar-refractivity contribution in [2.75, 3.05) is 5.32 Å². The molecule has 0 atom stereocenters. The number of hydrogen-bond donors (Lipinski definition) is 2. The zero-order valence-corrected chi connectivity index (χ0v) is 15.0. The Morgan fingerprint density at radius 2 is 1.88 bits per heavy atom. The van der Waals surface area contributed by atoms with Crippen molar-refractivity contribution >= 4 is 23.3 Å². The van der Waals surface area contributed by atoms with E-state index >= 15 is 0 Å². The van der Waals surface area contributed by atoms with E-state index in [1.54, 1.807) is 33.8 Å². The number of nitrogens with zero attached hydrogens (tertiary/aromatic N) is 3. The normalized spacial score (nSPS) is 10.6. The summed E-state index contributed by atoms with van der Waals surface area (Å²) in [5, 5.41) is 27.0. The van der Waals surface area contributed by atoms with Crippen molar-refractivity contribution in [1.82, 2.24) is 9.78 Å². The number of amides is 1. The van der Waals surface area contributed by atoms with Crippen LogP contribution in [0.15, 0.2) is 12.1 Å². The smallest absolute Gasteiger partial charge is 0.336 e. The first-order valence-electron chi connectivity index (χ1n) is 7.94. The first-order valence-corrected chi connectivity index (χ1v) is 7.94. The Hall–Kier alpha value is -3.23. The Kier molecular flexibility index (Phi) is 5.39. The van der Waals surface area contributed by atoms with Crippen LogP contribution in [0.3, 0.4) is 0 Å². The summed E-state index contributed by atoms with van der Waals surface area (Å²) in [6.07, 6.45) is 0.0504. The van der Waals surface area contributed by atoms with E-state index in [0.29, 0.717) is 22.6 Å². The van der Waals surface area contributed by atoms with Crippen LogP contribution < -0.4 is 5.32 Å². The number of benzene rings is 1. The van der Waals surface area contributed by atoms with Crippen molar-refractivity contribution < 1.29 is 19.6 Å². The molecule has 0 saturated heterocycles. The highest BCUT2D eigenvalue weighted by Gasteiger charge is 2.22. The van der Waals surface area contributed by atoms with Crippen LogP contribution in [-0.2, 0) is 11.3 Å². The number of aromatic nitrogens is 2. The fourth-order valence-corrected chi connectivity index (χ4v) is 2.81. The predicted molar refractivity (Wildman–Crippen MR) is 94.5 cm³/mol. The SMILES string of the molecule is Cc1cc(C)c(C(=O)O)cc1NC(=O)CCn1nc(C)c([N+](=O)[O-])c1C. The van der Waals surface area contributed by atoms with Gasteiger partial charge in [0.2, 0.25) is 5.91 Å². The standard InChI is InChI=1S/C17H20N4O5/c1-9-7-10(2)14(8-13(9)17(23)24)18-15(22)5-6-20-12(4)16(21(25)26)11(3)19-20/h7-8H,5-6H2,1-4H3,(H,18,22)(H,23,24). The summed E-state index contributed by atoms with van der Waals surface area (Å²) in [6, 6.07) is 3.13. The molecule has 2 N–H and O–H groups in total. The highest BCUT2D eigenvalue weighted by Crippen LogP contribution is 2.23. The first kappa shape index (κ1) is 19.1. The monoisotopic (exact) mass is 360 g/mol. The number of rotatable bonds is 6. The second kappa shape index (κ2) is 7.34. The van der Waals surface area contributed by atoms with Crippen LogP contribution in [0.1, 0.15) is 39.3 Å². The summed E-state index contributed by atoms with van der Waals surface area (Å²) < 4.78 is 1.43. The Morgan fingerprint density at radius 1 is 1.23 bits per heavy atom. The highest BCUT2D eigenvalue weighted by atomic mass is 16.6. The summed E-state index contributed by atoms with van der Waals surface area (Å²) in [6.45, 7) is 6.78. The minimum atomic E-state index is -1.06. The van der Waals surface area contributed by atoms with Crippen molar-refractivity contribution in [1.29, 1.82) is 0 Å². The van der Waals surface area contributed by atoms with Gasteiger partial charge in [-0.2, -0.15) is 5.10 Å². The zero-order chi connectivity index (χ0) is 19.6. The maximum absolute atomic E-state index is 12.2. The molecule has 2 aromatic rings. The second-order valence-electron chi connectivity index (χ2n) is 6.09. The Morgan fingerprint density at radius 3 is 2.42 bits per heavy atom. The second-order valence-corrected chi connectivity index (χ2v) is 6.09. The molecule has 1 aromatic heterocycles. The number of nitro groups is 1. The van der Waals surface area contributed by atoms with Crippen LogP contribution in [0, 0.1) is 37.8 Å². The molecule has 0 aliphatic heterocycles. The van der Waals surface area contributed by atoms with E-state index in [2.05, 4.69) is 10.4 Å². The van der Waals surface area contributed by atoms with Crippen LogP contribution in [-0.4, -0.2) is 31.7 Å². The highest BCUT2D eigenvalue weighted by molar-refractivity contribution is 5.95. The van der Waals surface area contributed by atoms with Gasteiger partial charge in [-0.25, -0.2) is 4.79 Å². The van der Waals surface area contributed by atoms with Crippen LogP contribution in [0.25, 0.3) is 0 Å². The first-order chi connectivity index (χ1) is 12.1. The molecule has 9 heteroatoms. The number of carboxylic acid groups (broad SMARTS) is 1. The van der Waals surface area contributed by atoms with Crippen LogP contribution in [0.4, 0.5) is 11.4 Å². The van der Waals surface area contributed by atoms with E-state index in [4.69, 9.17) is 0 Å². The van der Waals surface area contributed by atoms with Gasteiger partial charge in [0.15, 0.2) is 0 Å². The minimum absolute atomic E-state index is 0.0501. The van der Waals surface area contributed by atoms with Gasteiger partial charge in [0.25, 0.3) is 0 Å². The van der Waals surface area contributed by atoms with Crippen LogP contribution in [0.2, 0.25) is 0 Å². The molecule has 0 radical (unpaired) electrons. The van der Waals surface area contributed by atoms with E-state index in [1.807, 2.05) is 0 Å². The molecule has 1 aromatic carbocycles. The molecule has 0 unspecified atom stereocenters. The lowest BCUT2D eigenvalue weighted by Gasteiger charge is -2.12. The third kappa shape index (κ3) is 3.88. The third-order valence-corrected chi connectivity index (χ3v) is 4.15. The van der Waals surface area contributed by atoms with Gasteiger partial charge < -0.3 is 10.4 Å². The molecule has 26 heavy (non-hydrogen) atoms. The van der Waals surface area contributed by atoms with Crippen molar-refractivity contribution in [2.45, 2.75) is 40.7 Å². The minimum Gasteiger partial charge on any atom is -0.478 e. The Labute approximate surface area is 149 Å². The Bertz CT molecular complexity index is 901. The number of anilines is 1. The maximum atomic E-state index is 12.2. The fraction of sp³-hybridized carbons (Fsp3) is 0.353. The van der Waals surface area contributed by atoms with E-state index < -0.39 is 10.9 Å². The average molecular weight is 360 g/mol. The van der Waals surface area contributed by atoms with Gasteiger partial charge in [-0.1, -0.05) is 6.07 Å². The fourth-order valence-electron chi connectivity index (χ4n) is 2.81. The van der Waals surface area contributed by atoms with Gasteiger partial charge in [-0.15, -0.1) is 0 Å². The number of hydrogen-bond acceptors (Lipinski definition) is 5. The van der Waals surface area contributed by atoms with Crippen molar-refractivity contribution in [3.63, 3.8) is 0 Å². The molecule has 2 rings (SSSR count). The Balaban J connectivity index is 2.11. The van der Waals surface area contributed by atoms with Gasteiger partial charge in [0.1, 0.15) is 11.4 Å². The van der Waals surface area contributed by atoms with Gasteiger partial charge in [-0.3, -0.25) is 19.6 Å². The quantitative estimate of drug-likeness (QED) is 0.602. The molecule has 0 aliphatic carbocycles. The molecule has 0 bridgehead atoms. The largest absolute Gasteiger partial charge is 0.478 e. The predicted octanol–water partition coefficient (Wildman–Crippen LogP) is 2.75. The van der Waals surface area contributed by atoms with Crippen molar-refractivity contribution in [3.05, 3.63) is 50.3 Å². The molecule has 0 saturated carbocycles. The number of nitrogens with one attached hydrogen (secondary N) is 1. The van der Waals surface area contributed by atoms with Crippen LogP contribution in [0.5, 0.6) is 0 Å². The zero-order valence-electron chi connectivity index (χ0n) is 15.0. The third-order valence-electron chi connectivity index (χ3n) is 4.15. The van der Waals surface area contributed by atoms with E-state index in [9.17, 15) is 24.8 Å². The van der Waals surface area contributed by atoms with E-state index in [-0.39, 0.29) is 30.1 Å². The van der Waals surface area contributed by atoms with Gasteiger partial charge in [0.05, 0.1) is 17.0 Å². The van der Waals surface area contributed by atoms with Gasteiger partial charge in [-0.05, 0) is 44.9 Å². The van der Waals surface area contributed by atoms with Crippen molar-refractivity contribution in [3.8, 4) is 0 Å². The number of aryl methyl sites for hydroxylation is 4. The molecule has 0 spiro atoms. The lowest BCUT2D eigenvalue weighted by molar-refractivity contribution is -0.386. The number of carbonyl (C=O) groups is 2. The molecule has 138 valence electrons. The number of aromatic carboxylic acids is 1. The number of carbonyl (C=O) groups excluding carboxylic acids is 1. The average Bonchev–Trinajstić information content (AvgIpc) is 2.81. The maximum Gasteiger partial charge on any atom is 0.336 e.